The van der Waals surface area contributed by atoms with Gasteiger partial charge in [0.1, 0.15) is 5.76 Å². The molecule has 0 aromatic carbocycles. The van der Waals surface area contributed by atoms with E-state index in [1.165, 1.54) is 24.2 Å². The maximum atomic E-state index is 11.4. The van der Waals surface area contributed by atoms with Crippen molar-refractivity contribution in [2.45, 2.75) is 11.7 Å². The van der Waals surface area contributed by atoms with Gasteiger partial charge in [-0.25, -0.2) is 0 Å². The van der Waals surface area contributed by atoms with Gasteiger partial charge < -0.3 is 14.8 Å². The van der Waals surface area contributed by atoms with Gasteiger partial charge in [-0.15, -0.1) is 5.10 Å². The van der Waals surface area contributed by atoms with Gasteiger partial charge >= 0.3 is 0 Å². The van der Waals surface area contributed by atoms with Gasteiger partial charge in [0.2, 0.25) is 5.91 Å². The zero-order valence-electron chi connectivity index (χ0n) is 8.87. The molecule has 1 atom stereocenters. The second-order valence-corrected chi connectivity index (χ2v) is 4.46. The molecule has 1 aliphatic rings. The maximum Gasteiger partial charge on any atom is 0.239 e. The number of nitrogens with one attached hydrogen (secondary N) is 1. The summed E-state index contributed by atoms with van der Waals surface area (Å²) in [6.45, 7) is -0.0198. The number of carbonyl (C=O) groups excluding carboxylic acids is 1. The lowest BCUT2D eigenvalue weighted by atomic mass is 10.3. The first-order chi connectivity index (χ1) is 8.29. The van der Waals surface area contributed by atoms with Crippen LogP contribution < -0.4 is 5.32 Å². The minimum atomic E-state index is -0.280. The Morgan fingerprint density at radius 3 is 3.24 bits per heavy atom. The van der Waals surface area contributed by atoms with Crippen molar-refractivity contribution in [1.29, 1.82) is 0 Å². The molecule has 2 rings (SSSR count). The molecular formula is C10H11N3O3S. The quantitative estimate of drug-likeness (QED) is 0.607. The molecule has 0 unspecified atom stereocenters. The summed E-state index contributed by atoms with van der Waals surface area (Å²) in [6.07, 6.45) is 3.41. The SMILES string of the molecule is O=C1N/C(=N/N=C/c2ccco2)S[C@H]1CCO. The van der Waals surface area contributed by atoms with Gasteiger partial charge in [0, 0.05) is 6.61 Å². The van der Waals surface area contributed by atoms with Crippen LogP contribution in [-0.4, -0.2) is 34.3 Å². The average Bonchev–Trinajstić information content (AvgIpc) is 2.91. The van der Waals surface area contributed by atoms with Crippen molar-refractivity contribution in [2.75, 3.05) is 6.61 Å². The van der Waals surface area contributed by atoms with E-state index in [0.717, 1.165) is 0 Å². The third-order valence-electron chi connectivity index (χ3n) is 2.04. The van der Waals surface area contributed by atoms with Crippen LogP contribution in [0.1, 0.15) is 12.2 Å². The first-order valence-electron chi connectivity index (χ1n) is 5.02. The molecule has 1 fully saturated rings. The topological polar surface area (TPSA) is 87.2 Å². The predicted octanol–water partition coefficient (Wildman–Crippen LogP) is 0.583. The summed E-state index contributed by atoms with van der Waals surface area (Å²) in [7, 11) is 0. The number of carbonyl (C=O) groups is 1. The van der Waals surface area contributed by atoms with Crippen LogP contribution >= 0.6 is 11.8 Å². The van der Waals surface area contributed by atoms with Crippen LogP contribution in [0, 0.1) is 0 Å². The lowest BCUT2D eigenvalue weighted by molar-refractivity contribution is -0.119. The van der Waals surface area contributed by atoms with Crippen molar-refractivity contribution in [3.05, 3.63) is 24.2 Å². The number of furan rings is 1. The fourth-order valence-electron chi connectivity index (χ4n) is 1.26. The van der Waals surface area contributed by atoms with Gasteiger partial charge in [0.15, 0.2) is 5.17 Å². The Labute approximate surface area is 102 Å². The number of aliphatic hydroxyl groups is 1. The molecule has 90 valence electrons. The first kappa shape index (κ1) is 11.9. The Kier molecular flexibility index (Phi) is 3.94. The van der Waals surface area contributed by atoms with Crippen LogP contribution in [0.5, 0.6) is 0 Å². The van der Waals surface area contributed by atoms with Crippen LogP contribution in [0.3, 0.4) is 0 Å². The molecular weight excluding hydrogens is 242 g/mol. The third-order valence-corrected chi connectivity index (χ3v) is 3.19. The van der Waals surface area contributed by atoms with Gasteiger partial charge in [0.05, 0.1) is 17.7 Å². The molecule has 17 heavy (non-hydrogen) atoms. The summed E-state index contributed by atoms with van der Waals surface area (Å²) in [5, 5.41) is 19.2. The number of amidine groups is 1. The molecule has 0 radical (unpaired) electrons. The van der Waals surface area contributed by atoms with Gasteiger partial charge in [0.25, 0.3) is 0 Å². The molecule has 1 aromatic heterocycles. The van der Waals surface area contributed by atoms with E-state index in [0.29, 0.717) is 17.3 Å². The smallest absolute Gasteiger partial charge is 0.239 e. The number of nitrogens with zero attached hydrogens (tertiary/aromatic N) is 2. The van der Waals surface area contributed by atoms with E-state index in [4.69, 9.17) is 9.52 Å². The fourth-order valence-corrected chi connectivity index (χ4v) is 2.17. The number of thioether (sulfide) groups is 1. The highest BCUT2D eigenvalue weighted by Crippen LogP contribution is 2.21. The van der Waals surface area contributed by atoms with E-state index in [-0.39, 0.29) is 17.8 Å². The Morgan fingerprint density at radius 2 is 2.53 bits per heavy atom. The normalized spacial score (nSPS) is 22.5. The molecule has 1 aliphatic heterocycles. The average molecular weight is 253 g/mol. The van der Waals surface area contributed by atoms with E-state index < -0.39 is 0 Å². The van der Waals surface area contributed by atoms with E-state index in [1.807, 2.05) is 0 Å². The van der Waals surface area contributed by atoms with Crippen molar-refractivity contribution in [3.8, 4) is 0 Å². The number of amides is 1. The van der Waals surface area contributed by atoms with Crippen LogP contribution in [0.15, 0.2) is 33.0 Å². The Hall–Kier alpha value is -1.60. The molecule has 1 saturated heterocycles. The summed E-state index contributed by atoms with van der Waals surface area (Å²) in [6, 6.07) is 3.50. The monoisotopic (exact) mass is 253 g/mol. The van der Waals surface area contributed by atoms with Crippen molar-refractivity contribution >= 4 is 29.1 Å². The molecule has 2 heterocycles. The highest BCUT2D eigenvalue weighted by molar-refractivity contribution is 8.15. The van der Waals surface area contributed by atoms with Crippen LogP contribution in [-0.2, 0) is 4.79 Å². The summed E-state index contributed by atoms with van der Waals surface area (Å²) in [4.78, 5) is 11.4. The van der Waals surface area contributed by atoms with Crippen LogP contribution in [0.2, 0.25) is 0 Å². The van der Waals surface area contributed by atoms with E-state index in [1.54, 1.807) is 12.1 Å². The predicted molar refractivity (Wildman–Crippen MR) is 65.0 cm³/mol. The Bertz CT molecular complexity index is 442. The van der Waals surface area contributed by atoms with Crippen molar-refractivity contribution in [1.82, 2.24) is 5.32 Å². The van der Waals surface area contributed by atoms with E-state index >= 15 is 0 Å². The molecule has 2 N–H and O–H groups in total. The molecule has 0 aliphatic carbocycles. The van der Waals surface area contributed by atoms with Crippen molar-refractivity contribution in [2.24, 2.45) is 10.2 Å². The third kappa shape index (κ3) is 3.18. The molecule has 0 spiro atoms. The number of hydrogen-bond acceptors (Lipinski definition) is 6. The molecule has 6 nitrogen and oxygen atoms in total. The number of rotatable bonds is 4. The van der Waals surface area contributed by atoms with E-state index in [9.17, 15) is 4.79 Å². The Morgan fingerprint density at radius 1 is 1.65 bits per heavy atom. The van der Waals surface area contributed by atoms with Crippen LogP contribution in [0.25, 0.3) is 0 Å². The summed E-state index contributed by atoms with van der Waals surface area (Å²) < 4.78 is 5.03. The zero-order chi connectivity index (χ0) is 12.1. The standard InChI is InChI=1S/C10H11N3O3S/c14-4-3-8-9(15)12-10(17-8)13-11-6-7-2-1-5-16-7/h1-2,5-6,8,14H,3-4H2,(H,12,13,15)/b11-6+/t8-/m0/s1. The Balaban J connectivity index is 1.93. The van der Waals surface area contributed by atoms with E-state index in [2.05, 4.69) is 15.5 Å². The van der Waals surface area contributed by atoms with Gasteiger partial charge in [-0.1, -0.05) is 11.8 Å². The van der Waals surface area contributed by atoms with Crippen molar-refractivity contribution < 1.29 is 14.3 Å². The van der Waals surface area contributed by atoms with Gasteiger partial charge in [-0.2, -0.15) is 5.10 Å². The van der Waals surface area contributed by atoms with Crippen LogP contribution in [0.4, 0.5) is 0 Å². The van der Waals surface area contributed by atoms with Gasteiger partial charge in [-0.3, -0.25) is 4.79 Å². The summed E-state index contributed by atoms with van der Waals surface area (Å²) >= 11 is 1.27. The molecule has 1 amide bonds. The molecule has 1 aromatic rings. The lowest BCUT2D eigenvalue weighted by Crippen LogP contribution is -2.25. The summed E-state index contributed by atoms with van der Waals surface area (Å²) in [5.74, 6) is 0.451. The van der Waals surface area contributed by atoms with Crippen molar-refractivity contribution in [3.63, 3.8) is 0 Å². The number of aliphatic hydroxyl groups excluding tert-OH is 1. The minimum absolute atomic E-state index is 0.0198. The summed E-state index contributed by atoms with van der Waals surface area (Å²) in [5.41, 5.74) is 0. The highest BCUT2D eigenvalue weighted by Gasteiger charge is 2.29. The second kappa shape index (κ2) is 5.65. The maximum absolute atomic E-state index is 11.4. The lowest BCUT2D eigenvalue weighted by Gasteiger charge is -1.98. The number of hydrogen-bond donors (Lipinski definition) is 2. The molecule has 0 bridgehead atoms. The second-order valence-electron chi connectivity index (χ2n) is 3.27. The van der Waals surface area contributed by atoms with Gasteiger partial charge in [-0.05, 0) is 18.6 Å². The molecule has 7 heteroatoms. The highest BCUT2D eigenvalue weighted by atomic mass is 32.2. The largest absolute Gasteiger partial charge is 0.463 e. The zero-order valence-corrected chi connectivity index (χ0v) is 9.68. The minimum Gasteiger partial charge on any atom is -0.463 e. The molecule has 0 saturated carbocycles. The first-order valence-corrected chi connectivity index (χ1v) is 5.90. The fraction of sp³-hybridized carbons (Fsp3) is 0.300.